The predicted octanol–water partition coefficient (Wildman–Crippen LogP) is 7.67. The minimum absolute atomic E-state index is 0.456. The minimum atomic E-state index is 0.456. The second kappa shape index (κ2) is 11.7. The molecule has 4 aromatic rings. The standard InChI is InChI=1S/C30H32N2O2S2/c1-5-31(6-2)29(35)33-25-19-17-21-13-9-11-15-23(21)27(25)28-24-16-12-10-14-22(24)18-20-26(28)34-30(36)32(7-3)8-4/h9-20H,5-8H2,1-4H3. The van der Waals surface area contributed by atoms with Gasteiger partial charge in [0.2, 0.25) is 0 Å². The molecular weight excluding hydrogens is 484 g/mol. The molecule has 0 unspecified atom stereocenters. The molecule has 0 bridgehead atoms. The fourth-order valence-corrected chi connectivity index (χ4v) is 5.17. The fraction of sp³-hybridized carbons (Fsp3) is 0.267. The second-order valence-corrected chi connectivity index (χ2v) is 9.10. The van der Waals surface area contributed by atoms with Crippen molar-refractivity contribution in [3.05, 3.63) is 72.8 Å². The Morgan fingerprint density at radius 1 is 0.556 bits per heavy atom. The first-order valence-corrected chi connectivity index (χ1v) is 13.3. The Morgan fingerprint density at radius 2 is 0.917 bits per heavy atom. The molecule has 6 heteroatoms. The van der Waals surface area contributed by atoms with Crippen LogP contribution in [0.25, 0.3) is 32.7 Å². The maximum Gasteiger partial charge on any atom is 0.264 e. The van der Waals surface area contributed by atoms with Gasteiger partial charge in [-0.3, -0.25) is 0 Å². The summed E-state index contributed by atoms with van der Waals surface area (Å²) in [5.41, 5.74) is 1.88. The zero-order valence-electron chi connectivity index (χ0n) is 21.3. The van der Waals surface area contributed by atoms with Crippen LogP contribution >= 0.6 is 24.4 Å². The first-order valence-electron chi connectivity index (χ1n) is 12.5. The molecule has 0 amide bonds. The van der Waals surface area contributed by atoms with Gasteiger partial charge in [-0.05, 0) is 85.8 Å². The van der Waals surface area contributed by atoms with Crippen molar-refractivity contribution in [2.45, 2.75) is 27.7 Å². The number of fused-ring (bicyclic) bond motifs is 2. The normalized spacial score (nSPS) is 10.9. The molecule has 4 aromatic carbocycles. The second-order valence-electron chi connectivity index (χ2n) is 8.40. The summed E-state index contributed by atoms with van der Waals surface area (Å²) in [5, 5.41) is 5.26. The molecule has 36 heavy (non-hydrogen) atoms. The maximum absolute atomic E-state index is 6.41. The average molecular weight is 517 g/mol. The van der Waals surface area contributed by atoms with Crippen LogP contribution in [0.2, 0.25) is 0 Å². The number of ether oxygens (including phenoxy) is 2. The summed E-state index contributed by atoms with van der Waals surface area (Å²) in [6, 6.07) is 24.8. The van der Waals surface area contributed by atoms with Crippen LogP contribution in [0.3, 0.4) is 0 Å². The average Bonchev–Trinajstić information content (AvgIpc) is 2.90. The lowest BCUT2D eigenvalue weighted by Gasteiger charge is -2.25. The first-order chi connectivity index (χ1) is 17.5. The third-order valence-electron chi connectivity index (χ3n) is 6.47. The van der Waals surface area contributed by atoms with Crippen molar-refractivity contribution in [3.8, 4) is 22.6 Å². The lowest BCUT2D eigenvalue weighted by molar-refractivity contribution is 0.377. The van der Waals surface area contributed by atoms with Crippen LogP contribution in [0, 0.1) is 0 Å². The highest BCUT2D eigenvalue weighted by atomic mass is 32.1. The number of benzene rings is 4. The Bertz CT molecular complexity index is 1290. The van der Waals surface area contributed by atoms with Gasteiger partial charge < -0.3 is 19.3 Å². The molecule has 0 fully saturated rings. The molecule has 0 atom stereocenters. The van der Waals surface area contributed by atoms with E-state index in [4.69, 9.17) is 33.9 Å². The van der Waals surface area contributed by atoms with Gasteiger partial charge in [-0.2, -0.15) is 0 Å². The summed E-state index contributed by atoms with van der Waals surface area (Å²) >= 11 is 11.4. The van der Waals surface area contributed by atoms with E-state index in [-0.39, 0.29) is 0 Å². The van der Waals surface area contributed by atoms with Crippen molar-refractivity contribution in [2.75, 3.05) is 26.2 Å². The van der Waals surface area contributed by atoms with E-state index in [1.165, 1.54) is 0 Å². The molecule has 0 aliphatic rings. The van der Waals surface area contributed by atoms with Crippen LogP contribution in [0.1, 0.15) is 27.7 Å². The van der Waals surface area contributed by atoms with E-state index in [9.17, 15) is 0 Å². The van der Waals surface area contributed by atoms with Gasteiger partial charge in [0, 0.05) is 37.3 Å². The van der Waals surface area contributed by atoms with Crippen molar-refractivity contribution in [3.63, 3.8) is 0 Å². The lowest BCUT2D eigenvalue weighted by Crippen LogP contribution is -2.33. The van der Waals surface area contributed by atoms with Gasteiger partial charge in [0.25, 0.3) is 10.3 Å². The molecule has 0 saturated carbocycles. The van der Waals surface area contributed by atoms with Gasteiger partial charge >= 0.3 is 0 Å². The quantitative estimate of drug-likeness (QED) is 0.234. The lowest BCUT2D eigenvalue weighted by atomic mass is 9.92. The van der Waals surface area contributed by atoms with Crippen LogP contribution in [0.15, 0.2) is 72.8 Å². The van der Waals surface area contributed by atoms with E-state index < -0.39 is 0 Å². The molecule has 0 aliphatic heterocycles. The first kappa shape index (κ1) is 25.9. The molecule has 0 heterocycles. The van der Waals surface area contributed by atoms with Crippen molar-refractivity contribution >= 4 is 56.3 Å². The highest BCUT2D eigenvalue weighted by Gasteiger charge is 2.22. The third-order valence-corrected chi connectivity index (χ3v) is 7.15. The van der Waals surface area contributed by atoms with E-state index in [0.29, 0.717) is 21.8 Å². The molecule has 0 N–H and O–H groups in total. The Morgan fingerprint density at radius 3 is 1.28 bits per heavy atom. The summed E-state index contributed by atoms with van der Waals surface area (Å²) in [6.45, 7) is 11.4. The van der Waals surface area contributed by atoms with Crippen molar-refractivity contribution in [1.29, 1.82) is 0 Å². The van der Waals surface area contributed by atoms with Crippen molar-refractivity contribution < 1.29 is 9.47 Å². The molecular formula is C30H32N2O2S2. The van der Waals surface area contributed by atoms with Crippen LogP contribution in [0.4, 0.5) is 0 Å². The van der Waals surface area contributed by atoms with Crippen LogP contribution < -0.4 is 9.47 Å². The van der Waals surface area contributed by atoms with Gasteiger partial charge in [0.1, 0.15) is 11.5 Å². The Hall–Kier alpha value is -3.22. The number of rotatable bonds is 7. The van der Waals surface area contributed by atoms with Crippen LogP contribution in [0.5, 0.6) is 11.5 Å². The summed E-state index contributed by atoms with van der Waals surface area (Å²) in [4.78, 5) is 4.06. The number of nitrogens with zero attached hydrogens (tertiary/aromatic N) is 2. The van der Waals surface area contributed by atoms with Crippen molar-refractivity contribution in [1.82, 2.24) is 9.80 Å². The predicted molar refractivity (Wildman–Crippen MR) is 159 cm³/mol. The number of hydrogen-bond acceptors (Lipinski definition) is 4. The minimum Gasteiger partial charge on any atom is -0.431 e. The molecule has 4 rings (SSSR count). The van der Waals surface area contributed by atoms with E-state index in [1.807, 2.05) is 46.2 Å². The van der Waals surface area contributed by atoms with E-state index >= 15 is 0 Å². The smallest absolute Gasteiger partial charge is 0.264 e. The molecule has 4 nitrogen and oxygen atoms in total. The van der Waals surface area contributed by atoms with E-state index in [1.54, 1.807) is 0 Å². The SMILES string of the molecule is CCN(CC)C(=S)Oc1ccc2ccccc2c1-c1c(OC(=S)N(CC)CC)ccc2ccccc12. The van der Waals surface area contributed by atoms with Crippen LogP contribution in [-0.4, -0.2) is 46.3 Å². The van der Waals surface area contributed by atoms with Gasteiger partial charge in [-0.25, -0.2) is 0 Å². The summed E-state index contributed by atoms with van der Waals surface area (Å²) in [5.74, 6) is 1.39. The van der Waals surface area contributed by atoms with E-state index in [0.717, 1.165) is 58.9 Å². The topological polar surface area (TPSA) is 24.9 Å². The molecule has 0 spiro atoms. The molecule has 186 valence electrons. The monoisotopic (exact) mass is 516 g/mol. The van der Waals surface area contributed by atoms with Gasteiger partial charge in [-0.1, -0.05) is 60.7 Å². The van der Waals surface area contributed by atoms with Crippen LogP contribution in [-0.2, 0) is 0 Å². The Balaban J connectivity index is 1.99. The Labute approximate surface area is 224 Å². The molecule has 0 aliphatic carbocycles. The largest absolute Gasteiger partial charge is 0.431 e. The number of thiocarbonyl (C=S) groups is 2. The highest BCUT2D eigenvalue weighted by molar-refractivity contribution is 7.80. The zero-order valence-corrected chi connectivity index (χ0v) is 22.9. The Kier molecular flexibility index (Phi) is 8.39. The maximum atomic E-state index is 6.41. The third kappa shape index (κ3) is 5.15. The van der Waals surface area contributed by atoms with Gasteiger partial charge in [0.05, 0.1) is 0 Å². The van der Waals surface area contributed by atoms with Gasteiger partial charge in [-0.15, -0.1) is 0 Å². The summed E-state index contributed by atoms with van der Waals surface area (Å²) in [6.07, 6.45) is 0. The molecule has 0 saturated heterocycles. The fourth-order valence-electron chi connectivity index (χ4n) is 4.47. The summed E-state index contributed by atoms with van der Waals surface area (Å²) in [7, 11) is 0. The molecule has 0 aromatic heterocycles. The summed E-state index contributed by atoms with van der Waals surface area (Å²) < 4.78 is 12.8. The molecule has 0 radical (unpaired) electrons. The highest BCUT2D eigenvalue weighted by Crippen LogP contribution is 2.45. The van der Waals surface area contributed by atoms with E-state index in [2.05, 4.69) is 64.1 Å². The number of hydrogen-bond donors (Lipinski definition) is 0. The van der Waals surface area contributed by atoms with Crippen molar-refractivity contribution in [2.24, 2.45) is 0 Å². The zero-order chi connectivity index (χ0) is 25.7. The van der Waals surface area contributed by atoms with Gasteiger partial charge in [0.15, 0.2) is 0 Å².